The maximum Gasteiger partial charge on any atom is 0.237 e. The van der Waals surface area contributed by atoms with Crippen LogP contribution in [0.25, 0.3) is 10.6 Å². The molecule has 1 amide bonds. The number of fused-ring (bicyclic) bond motifs is 2. The minimum absolute atomic E-state index is 0.0602. The molecule has 0 spiro atoms. The van der Waals surface area contributed by atoms with Gasteiger partial charge >= 0.3 is 0 Å². The summed E-state index contributed by atoms with van der Waals surface area (Å²) in [6.45, 7) is 3.26. The lowest BCUT2D eigenvalue weighted by molar-refractivity contribution is -0.126. The van der Waals surface area contributed by atoms with Crippen LogP contribution in [0.3, 0.4) is 0 Å². The van der Waals surface area contributed by atoms with Gasteiger partial charge in [-0.05, 0) is 66.5 Å². The van der Waals surface area contributed by atoms with E-state index in [1.165, 1.54) is 0 Å². The number of carbonyl (C=O) groups is 1. The Morgan fingerprint density at radius 1 is 1.28 bits per heavy atom. The van der Waals surface area contributed by atoms with E-state index < -0.39 is 5.41 Å². The average Bonchev–Trinajstić information content (AvgIpc) is 3.64. The SMILES string of the molecule is C[C@@H]1[C@H]2C[C@@H]([C@@]3(CCn4cc(-c5cccs5)nn4)C(=O)Nc4ccccc43)N(C#N)C[C@@H]2CC[C@@H]1O. The average molecular weight is 503 g/mol. The van der Waals surface area contributed by atoms with Gasteiger partial charge in [0.05, 0.1) is 28.6 Å². The minimum Gasteiger partial charge on any atom is -0.393 e. The Morgan fingerprint density at radius 2 is 2.14 bits per heavy atom. The number of likely N-dealkylation sites (tertiary alicyclic amines) is 1. The molecule has 6 rings (SSSR count). The van der Waals surface area contributed by atoms with E-state index in [0.29, 0.717) is 31.8 Å². The Bertz CT molecular complexity index is 1300. The Morgan fingerprint density at radius 3 is 2.94 bits per heavy atom. The van der Waals surface area contributed by atoms with E-state index in [1.807, 2.05) is 52.9 Å². The van der Waals surface area contributed by atoms with E-state index in [-0.39, 0.29) is 29.9 Å². The minimum atomic E-state index is -0.894. The standard InChI is InChI=1S/C27H30N6O2S/c1-17-19-13-25(32(16-28)14-18(19)8-9-23(17)34)27(20-5-2-3-6-21(20)29-26(27)35)10-11-33-15-22(30-31-33)24-7-4-12-36-24/h2-7,12,15,17-19,23,25,34H,8-11,13-14H2,1H3,(H,29,35)/t17-,18+,19-,23+,25+,27+/m1/s1. The molecular weight excluding hydrogens is 472 g/mol. The molecule has 9 heteroatoms. The van der Waals surface area contributed by atoms with E-state index in [4.69, 9.17) is 0 Å². The number of rotatable bonds is 5. The summed E-state index contributed by atoms with van der Waals surface area (Å²) < 4.78 is 1.81. The molecule has 1 saturated carbocycles. The number of aliphatic hydroxyl groups excluding tert-OH is 1. The first-order valence-electron chi connectivity index (χ1n) is 12.7. The van der Waals surface area contributed by atoms with Gasteiger partial charge in [-0.2, -0.15) is 5.26 Å². The molecule has 3 aromatic rings. The van der Waals surface area contributed by atoms with Gasteiger partial charge in [0.15, 0.2) is 6.19 Å². The Kier molecular flexibility index (Phi) is 5.81. The van der Waals surface area contributed by atoms with Crippen LogP contribution in [0.2, 0.25) is 0 Å². The van der Waals surface area contributed by atoms with Crippen molar-refractivity contribution in [2.24, 2.45) is 17.8 Å². The number of anilines is 1. The third-order valence-corrected chi connectivity index (χ3v) is 9.72. The van der Waals surface area contributed by atoms with Crippen molar-refractivity contribution < 1.29 is 9.90 Å². The highest BCUT2D eigenvalue weighted by Crippen LogP contribution is 2.51. The molecule has 8 nitrogen and oxygen atoms in total. The first kappa shape index (κ1) is 23.2. The van der Waals surface area contributed by atoms with Crippen molar-refractivity contribution in [2.75, 3.05) is 11.9 Å². The fourth-order valence-electron chi connectivity index (χ4n) is 6.87. The lowest BCUT2D eigenvalue weighted by atomic mass is 9.61. The lowest BCUT2D eigenvalue weighted by Crippen LogP contribution is -2.60. The number of nitrogens with zero attached hydrogens (tertiary/aromatic N) is 5. The van der Waals surface area contributed by atoms with E-state index in [1.54, 1.807) is 16.0 Å². The number of nitrogens with one attached hydrogen (secondary N) is 1. The van der Waals surface area contributed by atoms with E-state index in [2.05, 4.69) is 28.7 Å². The molecule has 3 aliphatic rings. The monoisotopic (exact) mass is 502 g/mol. The maximum absolute atomic E-state index is 13.9. The Balaban J connectivity index is 1.37. The topological polar surface area (TPSA) is 107 Å². The van der Waals surface area contributed by atoms with Crippen LogP contribution in [0.5, 0.6) is 0 Å². The third kappa shape index (κ3) is 3.62. The van der Waals surface area contributed by atoms with Gasteiger partial charge in [-0.25, -0.2) is 0 Å². The van der Waals surface area contributed by atoms with Crippen molar-refractivity contribution in [1.29, 1.82) is 5.26 Å². The van der Waals surface area contributed by atoms with Crippen LogP contribution >= 0.6 is 11.3 Å². The normalized spacial score (nSPS) is 31.4. The second-order valence-corrected chi connectivity index (χ2v) is 11.4. The number of aliphatic hydroxyl groups is 1. The van der Waals surface area contributed by atoms with Crippen LogP contribution in [-0.4, -0.2) is 49.6 Å². The summed E-state index contributed by atoms with van der Waals surface area (Å²) in [5, 5.41) is 34.7. The molecule has 2 aromatic heterocycles. The highest BCUT2D eigenvalue weighted by Gasteiger charge is 2.57. The number of amides is 1. The second-order valence-electron chi connectivity index (χ2n) is 10.5. The zero-order chi connectivity index (χ0) is 24.9. The molecule has 2 aliphatic heterocycles. The quantitative estimate of drug-likeness (QED) is 0.513. The number of aryl methyl sites for hydroxylation is 1. The second kappa shape index (κ2) is 9.02. The van der Waals surface area contributed by atoms with Crippen molar-refractivity contribution in [1.82, 2.24) is 19.9 Å². The van der Waals surface area contributed by atoms with Crippen LogP contribution in [0.4, 0.5) is 5.69 Å². The molecule has 1 saturated heterocycles. The number of thiophene rings is 1. The van der Waals surface area contributed by atoms with Gasteiger partial charge in [-0.15, -0.1) is 16.4 Å². The van der Waals surface area contributed by atoms with Crippen molar-refractivity contribution in [3.63, 3.8) is 0 Å². The number of nitriles is 1. The van der Waals surface area contributed by atoms with E-state index >= 15 is 0 Å². The summed E-state index contributed by atoms with van der Waals surface area (Å²) in [6, 6.07) is 11.6. The number of hydrogen-bond donors (Lipinski definition) is 2. The molecule has 2 N–H and O–H groups in total. The van der Waals surface area contributed by atoms with Crippen molar-refractivity contribution in [3.05, 3.63) is 53.5 Å². The molecule has 0 bridgehead atoms. The van der Waals surface area contributed by atoms with Crippen molar-refractivity contribution in [2.45, 2.75) is 56.7 Å². The number of aromatic nitrogens is 3. The zero-order valence-corrected chi connectivity index (χ0v) is 21.1. The van der Waals surface area contributed by atoms with Crippen LogP contribution in [0, 0.1) is 29.2 Å². The van der Waals surface area contributed by atoms with Crippen LogP contribution < -0.4 is 5.32 Å². The van der Waals surface area contributed by atoms with Crippen molar-refractivity contribution in [3.8, 4) is 16.8 Å². The summed E-state index contributed by atoms with van der Waals surface area (Å²) >= 11 is 1.62. The van der Waals surface area contributed by atoms with E-state index in [0.717, 1.165) is 34.7 Å². The van der Waals surface area contributed by atoms with Gasteiger partial charge in [0, 0.05) is 18.8 Å². The number of hydrogen-bond acceptors (Lipinski definition) is 7. The first-order valence-corrected chi connectivity index (χ1v) is 13.6. The highest BCUT2D eigenvalue weighted by molar-refractivity contribution is 7.13. The molecule has 6 atom stereocenters. The largest absolute Gasteiger partial charge is 0.393 e. The summed E-state index contributed by atoms with van der Waals surface area (Å²) in [7, 11) is 0. The fourth-order valence-corrected chi connectivity index (χ4v) is 7.55. The first-order chi connectivity index (χ1) is 17.5. The number of benzene rings is 1. The predicted octanol–water partition coefficient (Wildman–Crippen LogP) is 3.87. The molecular formula is C27H30N6O2S. The maximum atomic E-state index is 13.9. The summed E-state index contributed by atoms with van der Waals surface area (Å²) in [5.41, 5.74) is 1.69. The Hall–Kier alpha value is -3.22. The number of carbonyl (C=O) groups excluding carboxylic acids is 1. The molecule has 0 unspecified atom stereocenters. The Labute approximate surface area is 214 Å². The van der Waals surface area contributed by atoms with Gasteiger partial charge in [0.2, 0.25) is 5.91 Å². The molecule has 1 aliphatic carbocycles. The summed E-state index contributed by atoms with van der Waals surface area (Å²) in [4.78, 5) is 16.8. The van der Waals surface area contributed by atoms with Gasteiger partial charge in [0.1, 0.15) is 5.69 Å². The number of para-hydroxylation sites is 1. The van der Waals surface area contributed by atoms with Gasteiger partial charge in [0.25, 0.3) is 0 Å². The predicted molar refractivity (Wildman–Crippen MR) is 137 cm³/mol. The van der Waals surface area contributed by atoms with Gasteiger partial charge in [-0.1, -0.05) is 36.4 Å². The molecule has 2 fully saturated rings. The van der Waals surface area contributed by atoms with Gasteiger partial charge in [-0.3, -0.25) is 9.48 Å². The molecule has 36 heavy (non-hydrogen) atoms. The number of piperidine rings is 1. The molecule has 1 aromatic carbocycles. The van der Waals surface area contributed by atoms with Crippen LogP contribution in [0.15, 0.2) is 48.0 Å². The fraction of sp³-hybridized carbons (Fsp3) is 0.481. The van der Waals surface area contributed by atoms with Crippen LogP contribution in [0.1, 0.15) is 38.2 Å². The van der Waals surface area contributed by atoms with Crippen molar-refractivity contribution >= 4 is 22.9 Å². The summed E-state index contributed by atoms with van der Waals surface area (Å²) in [6.07, 6.45) is 6.94. The molecule has 186 valence electrons. The molecule has 0 radical (unpaired) electrons. The molecule has 4 heterocycles. The van der Waals surface area contributed by atoms with Gasteiger partial charge < -0.3 is 15.3 Å². The van der Waals surface area contributed by atoms with Crippen LogP contribution in [-0.2, 0) is 16.8 Å². The summed E-state index contributed by atoms with van der Waals surface area (Å²) in [5.74, 6) is 0.722. The highest BCUT2D eigenvalue weighted by atomic mass is 32.1. The zero-order valence-electron chi connectivity index (χ0n) is 20.2. The lowest BCUT2D eigenvalue weighted by Gasteiger charge is -2.52. The van der Waals surface area contributed by atoms with E-state index in [9.17, 15) is 15.2 Å². The third-order valence-electron chi connectivity index (χ3n) is 8.83. The smallest absolute Gasteiger partial charge is 0.237 e.